The summed E-state index contributed by atoms with van der Waals surface area (Å²) in [7, 11) is 0. The highest BCUT2D eigenvalue weighted by Gasteiger charge is 2.26. The largest absolute Gasteiger partial charge is 0.304 e. The molecule has 0 bridgehead atoms. The highest BCUT2D eigenvalue weighted by molar-refractivity contribution is 7.97. The van der Waals surface area contributed by atoms with Gasteiger partial charge in [-0.2, -0.15) is 0 Å². The molecule has 0 radical (unpaired) electrons. The van der Waals surface area contributed by atoms with Crippen LogP contribution < -0.4 is 9.62 Å². The second-order valence-corrected chi connectivity index (χ2v) is 10.7. The highest BCUT2D eigenvalue weighted by atomic mass is 35.5. The van der Waals surface area contributed by atoms with Crippen LogP contribution in [0.3, 0.4) is 0 Å². The number of nitrogens with one attached hydrogen (secondary N) is 1. The van der Waals surface area contributed by atoms with Gasteiger partial charge in [0.25, 0.3) is 5.91 Å². The molecule has 8 heteroatoms. The summed E-state index contributed by atoms with van der Waals surface area (Å²) in [5.74, 6) is -0.136. The van der Waals surface area contributed by atoms with Crippen LogP contribution in [0.2, 0.25) is 15.2 Å². The summed E-state index contributed by atoms with van der Waals surface area (Å²) in [5.41, 5.74) is 4.69. The minimum Gasteiger partial charge on any atom is -0.304 e. The number of fused-ring (bicyclic) bond motifs is 1. The van der Waals surface area contributed by atoms with Gasteiger partial charge < -0.3 is 4.90 Å². The van der Waals surface area contributed by atoms with Crippen molar-refractivity contribution in [3.8, 4) is 0 Å². The van der Waals surface area contributed by atoms with Crippen molar-refractivity contribution in [1.82, 2.24) is 9.71 Å². The fourth-order valence-electron chi connectivity index (χ4n) is 4.29. The third-order valence-electron chi connectivity index (χ3n) is 6.08. The molecule has 0 fully saturated rings. The molecule has 0 spiro atoms. The number of aromatic nitrogens is 1. The summed E-state index contributed by atoms with van der Waals surface area (Å²) in [5, 5.41) is 1.64. The number of pyridine rings is 1. The number of amides is 1. The maximum absolute atomic E-state index is 13.7. The van der Waals surface area contributed by atoms with Crippen LogP contribution >= 0.6 is 46.8 Å². The van der Waals surface area contributed by atoms with Gasteiger partial charge in [0, 0.05) is 38.4 Å². The fraction of sp³-hybridized carbons (Fsp3) is 0.143. The maximum Gasteiger partial charge on any atom is 0.258 e. The van der Waals surface area contributed by atoms with Crippen LogP contribution in [0.25, 0.3) is 0 Å². The molecule has 1 atom stereocenters. The second-order valence-electron chi connectivity index (χ2n) is 8.54. The van der Waals surface area contributed by atoms with Gasteiger partial charge in [0.05, 0.1) is 6.54 Å². The Bertz CT molecular complexity index is 1400. The normalized spacial score (nSPS) is 14.5. The molecule has 5 rings (SSSR count). The highest BCUT2D eigenvalue weighted by Crippen LogP contribution is 2.37. The average Bonchev–Trinajstić information content (AvgIpc) is 3.29. The number of aryl methyl sites for hydroxylation is 1. The topological polar surface area (TPSA) is 45.2 Å². The summed E-state index contributed by atoms with van der Waals surface area (Å²) in [6, 6.07) is 24.8. The van der Waals surface area contributed by atoms with Crippen molar-refractivity contribution in [2.24, 2.45) is 0 Å². The molecule has 36 heavy (non-hydrogen) atoms. The summed E-state index contributed by atoms with van der Waals surface area (Å²) in [6.07, 6.45) is 3.66. The third kappa shape index (κ3) is 5.88. The van der Waals surface area contributed by atoms with Crippen LogP contribution in [0.1, 0.15) is 39.5 Å². The van der Waals surface area contributed by atoms with Crippen LogP contribution in [-0.2, 0) is 13.0 Å². The van der Waals surface area contributed by atoms with Gasteiger partial charge in [0.2, 0.25) is 0 Å². The Morgan fingerprint density at radius 1 is 0.972 bits per heavy atom. The quantitative estimate of drug-likeness (QED) is 0.185. The van der Waals surface area contributed by atoms with E-state index < -0.39 is 0 Å². The molecule has 182 valence electrons. The van der Waals surface area contributed by atoms with E-state index in [1.165, 1.54) is 11.1 Å². The Labute approximate surface area is 229 Å². The lowest BCUT2D eigenvalue weighted by Gasteiger charge is -2.25. The van der Waals surface area contributed by atoms with E-state index >= 15 is 0 Å². The minimum absolute atomic E-state index is 0.136. The molecule has 1 amide bonds. The zero-order chi connectivity index (χ0) is 25.1. The number of rotatable bonds is 7. The van der Waals surface area contributed by atoms with Crippen LogP contribution in [0.15, 0.2) is 90.0 Å². The molecule has 1 aliphatic carbocycles. The van der Waals surface area contributed by atoms with Crippen molar-refractivity contribution in [2.45, 2.75) is 30.3 Å². The van der Waals surface area contributed by atoms with Crippen molar-refractivity contribution in [2.75, 3.05) is 4.90 Å². The predicted molar refractivity (Wildman–Crippen MR) is 149 cm³/mol. The molecule has 4 aromatic rings. The summed E-state index contributed by atoms with van der Waals surface area (Å²) >= 11 is 19.9. The number of hydrogen-bond donors (Lipinski definition) is 1. The van der Waals surface area contributed by atoms with E-state index in [4.69, 9.17) is 34.8 Å². The van der Waals surface area contributed by atoms with E-state index in [0.29, 0.717) is 27.3 Å². The molecule has 4 nitrogen and oxygen atoms in total. The minimum atomic E-state index is -0.136. The summed E-state index contributed by atoms with van der Waals surface area (Å²) in [6.45, 7) is 0.351. The van der Waals surface area contributed by atoms with Crippen molar-refractivity contribution in [1.29, 1.82) is 0 Å². The number of benzene rings is 3. The van der Waals surface area contributed by atoms with Gasteiger partial charge in [0.15, 0.2) is 0 Å². The van der Waals surface area contributed by atoms with Gasteiger partial charge in [-0.1, -0.05) is 59.1 Å². The lowest BCUT2D eigenvalue weighted by Crippen LogP contribution is -2.30. The van der Waals surface area contributed by atoms with Crippen LogP contribution in [0.5, 0.6) is 0 Å². The number of carbonyl (C=O) groups is 1. The number of halogens is 3. The molecule has 0 saturated carbocycles. The zero-order valence-corrected chi connectivity index (χ0v) is 22.2. The van der Waals surface area contributed by atoms with Crippen LogP contribution in [0, 0.1) is 0 Å². The first-order valence-corrected chi connectivity index (χ1v) is 13.4. The number of anilines is 1. The smallest absolute Gasteiger partial charge is 0.258 e. The van der Waals surface area contributed by atoms with Crippen molar-refractivity contribution in [3.05, 3.63) is 123 Å². The Hall–Kier alpha value is -2.54. The Kier molecular flexibility index (Phi) is 7.85. The molecule has 3 aromatic carbocycles. The standard InChI is InChI=1S/C28H22Cl3N3OS/c29-21-4-1-3-20(13-21)28(35)34(17-18-7-12-27(31)32-16-18)23-10-8-19-9-11-26(25(19)15-23)33-36-24-6-2-5-22(30)14-24/h1-8,10,12-16,26,33H,9,11,17H2. The first-order valence-electron chi connectivity index (χ1n) is 11.4. The monoisotopic (exact) mass is 553 g/mol. The van der Waals surface area contributed by atoms with Gasteiger partial charge in [-0.15, -0.1) is 0 Å². The van der Waals surface area contributed by atoms with E-state index in [-0.39, 0.29) is 11.9 Å². The van der Waals surface area contributed by atoms with Crippen molar-refractivity contribution in [3.63, 3.8) is 0 Å². The van der Waals surface area contributed by atoms with E-state index in [0.717, 1.165) is 29.0 Å². The Morgan fingerprint density at radius 3 is 2.53 bits per heavy atom. The maximum atomic E-state index is 13.7. The van der Waals surface area contributed by atoms with Gasteiger partial charge >= 0.3 is 0 Å². The van der Waals surface area contributed by atoms with Gasteiger partial charge in [-0.25, -0.2) is 4.98 Å². The molecular weight excluding hydrogens is 533 g/mol. The van der Waals surface area contributed by atoms with E-state index in [2.05, 4.69) is 21.8 Å². The molecule has 1 unspecified atom stereocenters. The lowest BCUT2D eigenvalue weighted by atomic mass is 10.1. The van der Waals surface area contributed by atoms with Gasteiger partial charge in [0.1, 0.15) is 5.15 Å². The predicted octanol–water partition coefficient (Wildman–Crippen LogP) is 8.17. The summed E-state index contributed by atoms with van der Waals surface area (Å²) in [4.78, 5) is 20.7. The number of carbonyl (C=O) groups excluding carboxylic acids is 1. The van der Waals surface area contributed by atoms with E-state index in [1.54, 1.807) is 53.4 Å². The average molecular weight is 555 g/mol. The SMILES string of the molecule is O=C(c1cccc(Cl)c1)N(Cc1ccc(Cl)nc1)c1ccc2c(c1)C(NSc1cccc(Cl)c1)CC2. The number of nitrogens with zero attached hydrogens (tertiary/aromatic N) is 2. The molecule has 1 N–H and O–H groups in total. The molecule has 1 heterocycles. The first-order chi connectivity index (χ1) is 17.5. The van der Waals surface area contributed by atoms with Crippen LogP contribution in [0.4, 0.5) is 5.69 Å². The molecule has 1 aliphatic rings. The molecule has 0 saturated heterocycles. The van der Waals surface area contributed by atoms with Gasteiger partial charge in [-0.3, -0.25) is 9.52 Å². The molecule has 0 aliphatic heterocycles. The first kappa shape index (κ1) is 25.1. The van der Waals surface area contributed by atoms with Crippen molar-refractivity contribution >= 4 is 58.3 Å². The molecular formula is C28H22Cl3N3OS. The Morgan fingerprint density at radius 2 is 1.78 bits per heavy atom. The van der Waals surface area contributed by atoms with E-state index in [9.17, 15) is 4.79 Å². The third-order valence-corrected chi connectivity index (χ3v) is 7.67. The summed E-state index contributed by atoms with van der Waals surface area (Å²) < 4.78 is 3.58. The second kappa shape index (κ2) is 11.2. The zero-order valence-electron chi connectivity index (χ0n) is 19.1. The molecule has 1 aromatic heterocycles. The Balaban J connectivity index is 1.44. The van der Waals surface area contributed by atoms with Crippen LogP contribution in [-0.4, -0.2) is 10.9 Å². The fourth-order valence-corrected chi connectivity index (χ4v) is 5.70. The van der Waals surface area contributed by atoms with E-state index in [1.807, 2.05) is 36.4 Å². The van der Waals surface area contributed by atoms with Gasteiger partial charge in [-0.05, 0) is 96.1 Å². The number of hydrogen-bond acceptors (Lipinski definition) is 4. The van der Waals surface area contributed by atoms with Crippen molar-refractivity contribution < 1.29 is 4.79 Å². The lowest BCUT2D eigenvalue weighted by molar-refractivity contribution is 0.0985.